The molecule has 0 saturated heterocycles. The molecule has 1 aromatic carbocycles. The highest BCUT2D eigenvalue weighted by molar-refractivity contribution is 5.82. The predicted molar refractivity (Wildman–Crippen MR) is 89.6 cm³/mol. The van der Waals surface area contributed by atoms with E-state index in [0.717, 1.165) is 30.9 Å². The van der Waals surface area contributed by atoms with Crippen LogP contribution in [0.25, 0.3) is 11.0 Å². The molecule has 1 saturated carbocycles. The lowest BCUT2D eigenvalue weighted by molar-refractivity contribution is -0.136. The third kappa shape index (κ3) is 3.86. The lowest BCUT2D eigenvalue weighted by atomic mass is 9.76. The number of hydrogen-bond acceptors (Lipinski definition) is 3. The van der Waals surface area contributed by atoms with E-state index in [1.165, 1.54) is 12.4 Å². The number of benzene rings is 1. The van der Waals surface area contributed by atoms with Gasteiger partial charge in [-0.25, -0.2) is 0 Å². The van der Waals surface area contributed by atoms with Crippen LogP contribution in [-0.2, 0) is 6.18 Å². The number of aromatic nitrogens is 2. The fourth-order valence-corrected chi connectivity index (χ4v) is 3.55. The van der Waals surface area contributed by atoms with Gasteiger partial charge >= 0.3 is 6.18 Å². The first kappa shape index (κ1) is 18.6. The highest BCUT2D eigenvalue weighted by atomic mass is 19.4. The Morgan fingerprint density at radius 3 is 2.21 bits per heavy atom. The van der Waals surface area contributed by atoms with Crippen LogP contribution in [0.3, 0.4) is 0 Å². The zero-order chi connectivity index (χ0) is 17.9. The van der Waals surface area contributed by atoms with Gasteiger partial charge in [-0.15, -0.1) is 0 Å². The summed E-state index contributed by atoms with van der Waals surface area (Å²) in [4.78, 5) is 8.10. The van der Waals surface area contributed by atoms with Crippen molar-refractivity contribution in [3.05, 3.63) is 35.7 Å². The van der Waals surface area contributed by atoms with Gasteiger partial charge in [0.05, 0.1) is 11.1 Å². The van der Waals surface area contributed by atoms with Crippen molar-refractivity contribution in [3.8, 4) is 0 Å². The molecule has 0 radical (unpaired) electrons. The minimum Gasteiger partial charge on any atom is -0.328 e. The van der Waals surface area contributed by atoms with Crippen LogP contribution in [0.5, 0.6) is 0 Å². The Bertz CT molecular complexity index is 675. The van der Waals surface area contributed by atoms with Gasteiger partial charge in [0.25, 0.3) is 0 Å². The molecule has 0 bridgehead atoms. The van der Waals surface area contributed by atoms with Gasteiger partial charge in [0.15, 0.2) is 0 Å². The molecular formula is C18H24F3N3. The molecule has 2 aromatic rings. The maximum absolute atomic E-state index is 13.1. The summed E-state index contributed by atoms with van der Waals surface area (Å²) in [7, 11) is 0. The van der Waals surface area contributed by atoms with Crippen LogP contribution >= 0.6 is 0 Å². The van der Waals surface area contributed by atoms with E-state index in [2.05, 4.69) is 16.9 Å². The van der Waals surface area contributed by atoms with Gasteiger partial charge in [-0.2, -0.15) is 13.2 Å². The highest BCUT2D eigenvalue weighted by Gasteiger charge is 2.35. The topological polar surface area (TPSA) is 51.8 Å². The van der Waals surface area contributed by atoms with Gasteiger partial charge in [0.2, 0.25) is 0 Å². The molecule has 1 aliphatic carbocycles. The average molecular weight is 339 g/mol. The van der Waals surface area contributed by atoms with Crippen molar-refractivity contribution < 1.29 is 13.2 Å². The maximum Gasteiger partial charge on any atom is 0.418 e. The summed E-state index contributed by atoms with van der Waals surface area (Å²) in [6.07, 6.45) is 0.977. The normalized spacial score (nSPS) is 24.4. The van der Waals surface area contributed by atoms with Crippen LogP contribution in [0.1, 0.15) is 57.1 Å². The van der Waals surface area contributed by atoms with Gasteiger partial charge in [0.1, 0.15) is 5.52 Å². The number of nitrogens with zero attached hydrogens (tertiary/aromatic N) is 2. The summed E-state index contributed by atoms with van der Waals surface area (Å²) in [5.74, 6) is 0.600. The van der Waals surface area contributed by atoms with Gasteiger partial charge in [-0.05, 0) is 42.7 Å². The van der Waals surface area contributed by atoms with E-state index in [1.807, 2.05) is 13.8 Å². The summed E-state index contributed by atoms with van der Waals surface area (Å²) in [5.41, 5.74) is 6.46. The minimum absolute atomic E-state index is 0.0701. The van der Waals surface area contributed by atoms with Crippen molar-refractivity contribution in [2.45, 2.75) is 58.2 Å². The molecular weight excluding hydrogens is 315 g/mol. The number of hydrogen-bond donors (Lipinski definition) is 1. The molecule has 1 heterocycles. The Hall–Kier alpha value is -1.69. The molecule has 3 unspecified atom stereocenters. The minimum atomic E-state index is -4.43. The summed E-state index contributed by atoms with van der Waals surface area (Å²) in [6.45, 7) is 6.13. The molecule has 6 heteroatoms. The second kappa shape index (κ2) is 7.47. The molecule has 0 aliphatic heterocycles. The van der Waals surface area contributed by atoms with Crippen molar-refractivity contribution in [1.82, 2.24) is 9.97 Å². The fourth-order valence-electron chi connectivity index (χ4n) is 3.55. The Labute approximate surface area is 140 Å². The smallest absolute Gasteiger partial charge is 0.328 e. The monoisotopic (exact) mass is 339 g/mol. The lowest BCUT2D eigenvalue weighted by Gasteiger charge is -2.32. The molecule has 3 atom stereocenters. The Morgan fingerprint density at radius 2 is 1.62 bits per heavy atom. The van der Waals surface area contributed by atoms with Crippen LogP contribution in [-0.4, -0.2) is 16.0 Å². The molecule has 2 N–H and O–H groups in total. The van der Waals surface area contributed by atoms with Crippen LogP contribution in [0.4, 0.5) is 13.2 Å². The average Bonchev–Trinajstić information content (AvgIpc) is 2.54. The van der Waals surface area contributed by atoms with Crippen LogP contribution in [0.2, 0.25) is 0 Å². The van der Waals surface area contributed by atoms with Crippen LogP contribution in [0, 0.1) is 5.92 Å². The second-order valence-corrected chi connectivity index (χ2v) is 6.22. The first-order chi connectivity index (χ1) is 11.4. The summed E-state index contributed by atoms with van der Waals surface area (Å²) in [6, 6.07) is 2.76. The van der Waals surface area contributed by atoms with Crippen molar-refractivity contribution in [2.75, 3.05) is 0 Å². The summed E-state index contributed by atoms with van der Waals surface area (Å²) >= 11 is 0. The van der Waals surface area contributed by atoms with Gasteiger partial charge in [0, 0.05) is 18.4 Å². The SMILES string of the molecule is CC.CC1CC(N)CC(c2ccc(C(F)(F)F)c3nccnc23)C1. The number of rotatable bonds is 1. The lowest BCUT2D eigenvalue weighted by Crippen LogP contribution is -2.31. The van der Waals surface area contributed by atoms with Crippen molar-refractivity contribution in [1.29, 1.82) is 0 Å². The summed E-state index contributed by atoms with van der Waals surface area (Å²) < 4.78 is 39.4. The molecule has 3 nitrogen and oxygen atoms in total. The van der Waals surface area contributed by atoms with E-state index in [0.29, 0.717) is 11.4 Å². The molecule has 0 amide bonds. The van der Waals surface area contributed by atoms with E-state index in [1.54, 1.807) is 6.07 Å². The van der Waals surface area contributed by atoms with Crippen LogP contribution < -0.4 is 5.73 Å². The third-order valence-corrected chi connectivity index (χ3v) is 4.38. The fraction of sp³-hybridized carbons (Fsp3) is 0.556. The first-order valence-electron chi connectivity index (χ1n) is 8.42. The van der Waals surface area contributed by atoms with Crippen molar-refractivity contribution in [2.24, 2.45) is 11.7 Å². The molecule has 1 fully saturated rings. The van der Waals surface area contributed by atoms with Gasteiger partial charge in [-0.3, -0.25) is 9.97 Å². The zero-order valence-electron chi connectivity index (χ0n) is 14.3. The third-order valence-electron chi connectivity index (χ3n) is 4.38. The number of halogens is 3. The van der Waals surface area contributed by atoms with E-state index in [4.69, 9.17) is 5.73 Å². The maximum atomic E-state index is 13.1. The quantitative estimate of drug-likeness (QED) is 0.803. The number of fused-ring (bicyclic) bond motifs is 1. The largest absolute Gasteiger partial charge is 0.418 e. The number of alkyl halides is 3. The van der Waals surface area contributed by atoms with Crippen LogP contribution in [0.15, 0.2) is 24.5 Å². The standard InChI is InChI=1S/C16H18F3N3.C2H6/c1-9-6-10(8-11(20)7-9)12-2-3-13(16(17,18)19)15-14(12)21-4-5-22-15;1-2/h2-5,9-11H,6-8,20H2,1H3;1-2H3. The van der Waals surface area contributed by atoms with E-state index in [9.17, 15) is 13.2 Å². The van der Waals surface area contributed by atoms with Gasteiger partial charge < -0.3 is 5.73 Å². The molecule has 0 spiro atoms. The highest BCUT2D eigenvalue weighted by Crippen LogP contribution is 2.40. The Kier molecular flexibility index (Phi) is 5.80. The van der Waals surface area contributed by atoms with Gasteiger partial charge in [-0.1, -0.05) is 26.8 Å². The molecule has 3 rings (SSSR count). The second-order valence-electron chi connectivity index (χ2n) is 6.22. The van der Waals surface area contributed by atoms with E-state index >= 15 is 0 Å². The van der Waals surface area contributed by atoms with E-state index < -0.39 is 11.7 Å². The summed E-state index contributed by atoms with van der Waals surface area (Å²) in [5, 5.41) is 0. The first-order valence-corrected chi connectivity index (χ1v) is 8.42. The van der Waals surface area contributed by atoms with Crippen molar-refractivity contribution >= 4 is 11.0 Å². The van der Waals surface area contributed by atoms with Crippen molar-refractivity contribution in [3.63, 3.8) is 0 Å². The van der Waals surface area contributed by atoms with E-state index in [-0.39, 0.29) is 17.5 Å². The molecule has 1 aromatic heterocycles. The molecule has 132 valence electrons. The molecule has 1 aliphatic rings. The Morgan fingerprint density at radius 1 is 1.00 bits per heavy atom. The zero-order valence-corrected chi connectivity index (χ0v) is 14.3. The predicted octanol–water partition coefficient (Wildman–Crippen LogP) is 4.91. The Balaban J connectivity index is 0.00000100. The molecule has 24 heavy (non-hydrogen) atoms. The number of nitrogens with two attached hydrogens (primary N) is 1.